The molecule has 0 saturated carbocycles. The van der Waals surface area contributed by atoms with E-state index >= 15 is 0 Å². The van der Waals surface area contributed by atoms with Gasteiger partial charge in [-0.3, -0.25) is 14.3 Å². The first kappa shape index (κ1) is 22.4. The van der Waals surface area contributed by atoms with Gasteiger partial charge in [-0.05, 0) is 25.8 Å². The first-order valence-corrected chi connectivity index (χ1v) is 11.2. The molecular formula is C23H32N6O3. The van der Waals surface area contributed by atoms with E-state index < -0.39 is 0 Å². The molecule has 0 N–H and O–H groups in total. The molecule has 2 aromatic rings. The first-order chi connectivity index (χ1) is 15.2. The molecule has 2 aromatic heterocycles. The van der Waals surface area contributed by atoms with Crippen molar-refractivity contribution in [1.82, 2.24) is 29.5 Å². The van der Waals surface area contributed by atoms with Crippen LogP contribution in [0.4, 0.5) is 0 Å². The van der Waals surface area contributed by atoms with Crippen molar-refractivity contribution < 1.29 is 14.3 Å². The normalized spacial score (nSPS) is 19.5. The van der Waals surface area contributed by atoms with E-state index in [1.165, 1.54) is 0 Å². The summed E-state index contributed by atoms with van der Waals surface area (Å²) in [6, 6.07) is 1.68. The van der Waals surface area contributed by atoms with Gasteiger partial charge in [-0.2, -0.15) is 5.10 Å². The largest absolute Gasteiger partial charge is 0.378 e. The Morgan fingerprint density at radius 1 is 1.12 bits per heavy atom. The fourth-order valence-electron chi connectivity index (χ4n) is 4.25. The predicted octanol–water partition coefficient (Wildman–Crippen LogP) is 2.27. The van der Waals surface area contributed by atoms with Gasteiger partial charge in [-0.1, -0.05) is 20.8 Å². The van der Waals surface area contributed by atoms with Crippen molar-refractivity contribution in [2.45, 2.75) is 52.0 Å². The van der Waals surface area contributed by atoms with E-state index in [9.17, 15) is 9.59 Å². The van der Waals surface area contributed by atoms with Gasteiger partial charge in [-0.25, -0.2) is 9.97 Å². The fourth-order valence-corrected chi connectivity index (χ4v) is 4.25. The molecule has 0 aromatic carbocycles. The third kappa shape index (κ3) is 4.26. The molecule has 2 aliphatic rings. The first-order valence-electron chi connectivity index (χ1n) is 11.2. The number of carbonyl (C=O) groups excluding carboxylic acids is 2. The summed E-state index contributed by atoms with van der Waals surface area (Å²) in [6.45, 7) is 11.0. The van der Waals surface area contributed by atoms with Crippen molar-refractivity contribution in [2.75, 3.05) is 32.8 Å². The van der Waals surface area contributed by atoms with Crippen molar-refractivity contribution in [3.63, 3.8) is 0 Å². The van der Waals surface area contributed by atoms with Crippen LogP contribution in [0.25, 0.3) is 0 Å². The third-order valence-electron chi connectivity index (χ3n) is 6.21. The number of aromatic nitrogens is 4. The smallest absolute Gasteiger partial charge is 0.272 e. The van der Waals surface area contributed by atoms with Crippen LogP contribution >= 0.6 is 0 Å². The molecule has 9 nitrogen and oxygen atoms in total. The third-order valence-corrected chi connectivity index (χ3v) is 6.21. The van der Waals surface area contributed by atoms with Crippen LogP contribution in [0.2, 0.25) is 0 Å². The molecule has 4 rings (SSSR count). The topological polar surface area (TPSA) is 93.5 Å². The maximum Gasteiger partial charge on any atom is 0.272 e. The Balaban J connectivity index is 1.56. The molecule has 32 heavy (non-hydrogen) atoms. The van der Waals surface area contributed by atoms with Crippen molar-refractivity contribution in [2.24, 2.45) is 7.05 Å². The van der Waals surface area contributed by atoms with Gasteiger partial charge in [0.15, 0.2) is 5.82 Å². The Hall–Kier alpha value is -2.81. The number of ether oxygens (including phenoxy) is 1. The average molecular weight is 441 g/mol. The highest BCUT2D eigenvalue weighted by Gasteiger charge is 2.35. The fraction of sp³-hybridized carbons (Fsp3) is 0.609. The van der Waals surface area contributed by atoms with Crippen LogP contribution in [0, 0.1) is 6.92 Å². The van der Waals surface area contributed by atoms with E-state index in [4.69, 9.17) is 4.74 Å². The molecule has 1 unspecified atom stereocenters. The Morgan fingerprint density at radius 3 is 2.47 bits per heavy atom. The molecule has 9 heteroatoms. The number of hydrogen-bond acceptors (Lipinski definition) is 6. The SMILES string of the molecule is Cc1nc(C2CCCN2C(=O)c2cc(C(C)(C)C)nn2C)ncc1C(=O)N1CCOCC1. The number of nitrogens with zero attached hydrogens (tertiary/aromatic N) is 6. The molecule has 2 aliphatic heterocycles. The zero-order valence-electron chi connectivity index (χ0n) is 19.6. The van der Waals surface area contributed by atoms with E-state index in [2.05, 4.69) is 35.8 Å². The van der Waals surface area contributed by atoms with Crippen LogP contribution in [0.1, 0.15) is 77.7 Å². The van der Waals surface area contributed by atoms with Gasteiger partial charge >= 0.3 is 0 Å². The quantitative estimate of drug-likeness (QED) is 0.727. The summed E-state index contributed by atoms with van der Waals surface area (Å²) in [6.07, 6.45) is 3.29. The zero-order chi connectivity index (χ0) is 23.0. The zero-order valence-corrected chi connectivity index (χ0v) is 19.6. The standard InChI is InChI=1S/C23H32N6O3/c1-15-16(21(30)28-9-11-32-12-10-28)14-24-20(25-15)17-7-6-8-29(17)22(31)18-13-19(23(2,3)4)26-27(18)5/h13-14,17H,6-12H2,1-5H3. The maximum absolute atomic E-state index is 13.4. The second kappa shape index (κ2) is 8.61. The molecule has 0 radical (unpaired) electrons. The summed E-state index contributed by atoms with van der Waals surface area (Å²) in [5.74, 6) is 0.458. The van der Waals surface area contributed by atoms with Crippen molar-refractivity contribution >= 4 is 11.8 Å². The predicted molar refractivity (Wildman–Crippen MR) is 118 cm³/mol. The lowest BCUT2D eigenvalue weighted by molar-refractivity contribution is 0.0301. The number of rotatable bonds is 3. The maximum atomic E-state index is 13.4. The molecule has 0 aliphatic carbocycles. The Morgan fingerprint density at radius 2 is 1.84 bits per heavy atom. The molecule has 2 amide bonds. The Kier molecular flexibility index (Phi) is 6.03. The minimum absolute atomic E-state index is 0.0623. The van der Waals surface area contributed by atoms with E-state index in [1.807, 2.05) is 17.9 Å². The summed E-state index contributed by atoms with van der Waals surface area (Å²) in [5.41, 5.74) is 2.47. The van der Waals surface area contributed by atoms with Crippen LogP contribution in [0.15, 0.2) is 12.3 Å². The van der Waals surface area contributed by atoms with Crippen LogP contribution in [0.5, 0.6) is 0 Å². The van der Waals surface area contributed by atoms with Gasteiger partial charge in [-0.15, -0.1) is 0 Å². The van der Waals surface area contributed by atoms with Crippen molar-refractivity contribution in [3.8, 4) is 0 Å². The lowest BCUT2D eigenvalue weighted by atomic mass is 9.92. The lowest BCUT2D eigenvalue weighted by Crippen LogP contribution is -2.41. The van der Waals surface area contributed by atoms with Crippen LogP contribution in [0.3, 0.4) is 0 Å². The van der Waals surface area contributed by atoms with Gasteiger partial charge in [0.25, 0.3) is 11.8 Å². The molecule has 0 spiro atoms. The van der Waals surface area contributed by atoms with Gasteiger partial charge in [0.1, 0.15) is 5.69 Å². The number of carbonyl (C=O) groups is 2. The minimum Gasteiger partial charge on any atom is -0.378 e. The summed E-state index contributed by atoms with van der Waals surface area (Å²) in [5, 5.41) is 4.55. The molecule has 1 atom stereocenters. The molecule has 0 bridgehead atoms. The Labute approximate surface area is 188 Å². The summed E-state index contributed by atoms with van der Waals surface area (Å²) in [7, 11) is 1.81. The molecule has 172 valence electrons. The second-order valence-electron chi connectivity index (χ2n) is 9.58. The molecule has 2 saturated heterocycles. The van der Waals surface area contributed by atoms with Gasteiger partial charge in [0.2, 0.25) is 0 Å². The van der Waals surface area contributed by atoms with Crippen molar-refractivity contribution in [1.29, 1.82) is 0 Å². The molecule has 4 heterocycles. The summed E-state index contributed by atoms with van der Waals surface area (Å²) >= 11 is 0. The molecule has 2 fully saturated rings. The average Bonchev–Trinajstić information content (AvgIpc) is 3.40. The number of hydrogen-bond donors (Lipinski definition) is 0. The Bertz CT molecular complexity index is 1020. The summed E-state index contributed by atoms with van der Waals surface area (Å²) < 4.78 is 6.99. The lowest BCUT2D eigenvalue weighted by Gasteiger charge is -2.27. The minimum atomic E-state index is -0.207. The number of likely N-dealkylation sites (tertiary alicyclic amines) is 1. The molecular weight excluding hydrogens is 408 g/mol. The van der Waals surface area contributed by atoms with Crippen LogP contribution in [-0.2, 0) is 17.2 Å². The van der Waals surface area contributed by atoms with E-state index in [1.54, 1.807) is 22.8 Å². The van der Waals surface area contributed by atoms with E-state index in [0.29, 0.717) is 55.6 Å². The monoisotopic (exact) mass is 440 g/mol. The second-order valence-corrected chi connectivity index (χ2v) is 9.58. The van der Waals surface area contributed by atoms with E-state index in [0.717, 1.165) is 18.5 Å². The highest BCUT2D eigenvalue weighted by molar-refractivity contribution is 5.95. The number of aryl methyl sites for hydroxylation is 2. The van der Waals surface area contributed by atoms with Crippen molar-refractivity contribution in [3.05, 3.63) is 40.7 Å². The van der Waals surface area contributed by atoms with Gasteiger partial charge < -0.3 is 14.5 Å². The highest BCUT2D eigenvalue weighted by atomic mass is 16.5. The number of amides is 2. The van der Waals surface area contributed by atoms with Crippen LogP contribution in [-0.4, -0.2) is 74.2 Å². The number of morpholine rings is 1. The van der Waals surface area contributed by atoms with Gasteiger partial charge in [0.05, 0.1) is 36.2 Å². The van der Waals surface area contributed by atoms with Crippen LogP contribution < -0.4 is 0 Å². The highest BCUT2D eigenvalue weighted by Crippen LogP contribution is 2.32. The van der Waals surface area contributed by atoms with Gasteiger partial charge in [0, 0.05) is 38.3 Å². The summed E-state index contributed by atoms with van der Waals surface area (Å²) in [4.78, 5) is 39.0. The van der Waals surface area contributed by atoms with E-state index in [-0.39, 0.29) is 23.3 Å².